The van der Waals surface area contributed by atoms with Gasteiger partial charge in [-0.25, -0.2) is 0 Å². The highest BCUT2D eigenvalue weighted by atomic mass is 16.7. The van der Waals surface area contributed by atoms with Crippen molar-refractivity contribution in [1.29, 1.82) is 0 Å². The summed E-state index contributed by atoms with van der Waals surface area (Å²) < 4.78 is 16.7. The molecule has 4 atom stereocenters. The molecule has 5 rings (SSSR count). The van der Waals surface area contributed by atoms with E-state index in [1.807, 2.05) is 48.5 Å². The first-order chi connectivity index (χ1) is 16.5. The van der Waals surface area contributed by atoms with Gasteiger partial charge in [-0.1, -0.05) is 36.4 Å². The maximum Gasteiger partial charge on any atom is 0.310 e. The van der Waals surface area contributed by atoms with Crippen molar-refractivity contribution < 1.29 is 28.9 Å². The Morgan fingerprint density at radius 3 is 1.94 bits per heavy atom. The summed E-state index contributed by atoms with van der Waals surface area (Å²) in [7, 11) is 0. The number of aliphatic hydroxyl groups excluding tert-OH is 1. The predicted molar refractivity (Wildman–Crippen MR) is 125 cm³/mol. The minimum atomic E-state index is -1.29. The number of para-hydroxylation sites is 2. The fraction of sp³-hybridized carbons (Fsp3) is 0.308. The first kappa shape index (κ1) is 22.2. The van der Waals surface area contributed by atoms with Crippen LogP contribution in [-0.4, -0.2) is 51.6 Å². The number of esters is 2. The van der Waals surface area contributed by atoms with Crippen LogP contribution >= 0.6 is 0 Å². The number of aromatic nitrogens is 2. The van der Waals surface area contributed by atoms with Crippen LogP contribution in [0.2, 0.25) is 0 Å². The molecule has 2 aromatic heterocycles. The Balaban J connectivity index is 1.20. The quantitative estimate of drug-likeness (QED) is 0.379. The molecule has 1 aliphatic heterocycles. The third-order valence-corrected chi connectivity index (χ3v) is 6.25. The summed E-state index contributed by atoms with van der Waals surface area (Å²) >= 11 is 0. The van der Waals surface area contributed by atoms with E-state index >= 15 is 0 Å². The van der Waals surface area contributed by atoms with E-state index in [0.29, 0.717) is 0 Å². The lowest BCUT2D eigenvalue weighted by Crippen LogP contribution is -2.49. The van der Waals surface area contributed by atoms with Crippen molar-refractivity contribution in [3.05, 3.63) is 72.1 Å². The molecule has 0 aliphatic carbocycles. The molecule has 1 saturated heterocycles. The Labute approximate surface area is 195 Å². The summed E-state index contributed by atoms with van der Waals surface area (Å²) in [6.45, 7) is 1.72. The zero-order valence-corrected chi connectivity index (χ0v) is 18.7. The topological polar surface area (TPSA) is 114 Å². The molecule has 3 heterocycles. The third kappa shape index (κ3) is 4.55. The lowest BCUT2D eigenvalue weighted by Gasteiger charge is -2.36. The molecule has 0 radical (unpaired) electrons. The van der Waals surface area contributed by atoms with Gasteiger partial charge in [-0.3, -0.25) is 9.59 Å². The maximum atomic E-state index is 12.6. The third-order valence-electron chi connectivity index (χ3n) is 6.25. The molecule has 0 bridgehead atoms. The van der Waals surface area contributed by atoms with Crippen molar-refractivity contribution in [2.45, 2.75) is 50.8 Å². The summed E-state index contributed by atoms with van der Waals surface area (Å²) in [5.41, 5.74) is 3.53. The number of hydrogen-bond donors (Lipinski definition) is 3. The van der Waals surface area contributed by atoms with E-state index < -0.39 is 36.5 Å². The van der Waals surface area contributed by atoms with Gasteiger partial charge in [0, 0.05) is 40.6 Å². The van der Waals surface area contributed by atoms with Crippen LogP contribution < -0.4 is 0 Å². The summed E-state index contributed by atoms with van der Waals surface area (Å²) in [5, 5.41) is 12.2. The lowest BCUT2D eigenvalue weighted by atomic mass is 10.0. The number of ether oxygens (including phenoxy) is 3. The van der Waals surface area contributed by atoms with Gasteiger partial charge in [0.2, 0.25) is 0 Å². The van der Waals surface area contributed by atoms with E-state index in [1.165, 1.54) is 0 Å². The first-order valence-corrected chi connectivity index (χ1v) is 11.3. The molecule has 2 aromatic carbocycles. The number of hydrogen-bond acceptors (Lipinski definition) is 6. The van der Waals surface area contributed by atoms with Gasteiger partial charge in [-0.15, -0.1) is 0 Å². The Kier molecular flexibility index (Phi) is 6.08. The molecular weight excluding hydrogens is 436 g/mol. The van der Waals surface area contributed by atoms with Crippen molar-refractivity contribution >= 4 is 33.7 Å². The number of carbonyl (C=O) groups is 2. The number of fused-ring (bicyclic) bond motifs is 2. The molecule has 8 heteroatoms. The van der Waals surface area contributed by atoms with Crippen molar-refractivity contribution in [1.82, 2.24) is 9.97 Å². The van der Waals surface area contributed by atoms with Gasteiger partial charge in [0.15, 0.2) is 12.4 Å². The molecule has 176 valence electrons. The van der Waals surface area contributed by atoms with Gasteiger partial charge in [0.1, 0.15) is 6.10 Å². The molecule has 0 saturated carbocycles. The molecule has 4 aromatic rings. The molecule has 0 amide bonds. The average Bonchev–Trinajstić information content (AvgIpc) is 3.41. The minimum absolute atomic E-state index is 0.0494. The van der Waals surface area contributed by atoms with Gasteiger partial charge in [-0.2, -0.15) is 0 Å². The first-order valence-electron chi connectivity index (χ1n) is 11.3. The Bertz CT molecular complexity index is 1230. The van der Waals surface area contributed by atoms with E-state index in [2.05, 4.69) is 9.97 Å². The molecule has 0 spiro atoms. The molecule has 2 unspecified atom stereocenters. The number of benzene rings is 2. The fourth-order valence-corrected chi connectivity index (χ4v) is 4.47. The number of H-pyrrole nitrogens is 2. The van der Waals surface area contributed by atoms with E-state index in [-0.39, 0.29) is 19.3 Å². The van der Waals surface area contributed by atoms with Gasteiger partial charge >= 0.3 is 11.9 Å². The van der Waals surface area contributed by atoms with Crippen LogP contribution in [0.1, 0.15) is 24.5 Å². The molecule has 3 N–H and O–H groups in total. The van der Waals surface area contributed by atoms with Crippen LogP contribution in [0.4, 0.5) is 0 Å². The van der Waals surface area contributed by atoms with E-state index in [9.17, 15) is 14.7 Å². The molecule has 34 heavy (non-hydrogen) atoms. The Morgan fingerprint density at radius 1 is 0.882 bits per heavy atom. The van der Waals surface area contributed by atoms with Crippen molar-refractivity contribution in [3.63, 3.8) is 0 Å². The number of nitrogens with one attached hydrogen (secondary N) is 2. The van der Waals surface area contributed by atoms with Gasteiger partial charge in [0.05, 0.1) is 18.9 Å². The SMILES string of the molecule is C[C@@H]1OC(O)[C@H](OC(=O)Cc2c[nH]c3ccccc23)CC1OC(=O)Cc1c[nH]c2ccccc12. The summed E-state index contributed by atoms with van der Waals surface area (Å²) in [4.78, 5) is 31.5. The summed E-state index contributed by atoms with van der Waals surface area (Å²) in [6.07, 6.45) is 0.474. The standard InChI is InChI=1S/C26H26N2O6/c1-15-22(33-24(29)10-16-13-27-20-8-4-2-6-18(16)20)12-23(26(31)32-15)34-25(30)11-17-14-28-21-9-5-3-7-19(17)21/h2-9,13-15,22-23,26-28,31H,10-12H2,1H3/t15-,22?,23+,26?/m0/s1. The van der Waals surface area contributed by atoms with Gasteiger partial charge in [-0.05, 0) is 30.2 Å². The predicted octanol–water partition coefficient (Wildman–Crippen LogP) is 3.39. The van der Waals surface area contributed by atoms with Crippen molar-refractivity contribution in [3.8, 4) is 0 Å². The number of aromatic amines is 2. The van der Waals surface area contributed by atoms with Crippen LogP contribution in [0.5, 0.6) is 0 Å². The highest BCUT2D eigenvalue weighted by Crippen LogP contribution is 2.26. The van der Waals surface area contributed by atoms with Gasteiger partial charge in [0.25, 0.3) is 0 Å². The van der Waals surface area contributed by atoms with E-state index in [4.69, 9.17) is 14.2 Å². The largest absolute Gasteiger partial charge is 0.459 e. The van der Waals surface area contributed by atoms with Crippen LogP contribution in [0, 0.1) is 0 Å². The monoisotopic (exact) mass is 462 g/mol. The second kappa shape index (κ2) is 9.32. The zero-order chi connectivity index (χ0) is 23.7. The molecule has 1 aliphatic rings. The Hall–Kier alpha value is -3.62. The fourth-order valence-electron chi connectivity index (χ4n) is 4.47. The lowest BCUT2D eigenvalue weighted by molar-refractivity contribution is -0.252. The molecule has 1 fully saturated rings. The maximum absolute atomic E-state index is 12.6. The zero-order valence-electron chi connectivity index (χ0n) is 18.7. The highest BCUT2D eigenvalue weighted by molar-refractivity contribution is 5.88. The minimum Gasteiger partial charge on any atom is -0.459 e. The Morgan fingerprint density at radius 2 is 1.38 bits per heavy atom. The summed E-state index contributed by atoms with van der Waals surface area (Å²) in [6, 6.07) is 15.4. The number of carbonyl (C=O) groups excluding carboxylic acids is 2. The summed E-state index contributed by atoms with van der Waals surface area (Å²) in [5.74, 6) is -0.902. The number of rotatable bonds is 6. The van der Waals surface area contributed by atoms with Crippen LogP contribution in [0.15, 0.2) is 60.9 Å². The normalized spacial score (nSPS) is 22.6. The van der Waals surface area contributed by atoms with Crippen LogP contribution in [0.25, 0.3) is 21.8 Å². The van der Waals surface area contributed by atoms with Crippen molar-refractivity contribution in [2.24, 2.45) is 0 Å². The highest BCUT2D eigenvalue weighted by Gasteiger charge is 2.39. The van der Waals surface area contributed by atoms with Crippen molar-refractivity contribution in [2.75, 3.05) is 0 Å². The van der Waals surface area contributed by atoms with E-state index in [0.717, 1.165) is 32.9 Å². The molecular formula is C26H26N2O6. The number of aliphatic hydroxyl groups is 1. The smallest absolute Gasteiger partial charge is 0.310 e. The molecule has 8 nitrogen and oxygen atoms in total. The van der Waals surface area contributed by atoms with Crippen LogP contribution in [-0.2, 0) is 36.6 Å². The second-order valence-corrected chi connectivity index (χ2v) is 8.60. The second-order valence-electron chi connectivity index (χ2n) is 8.60. The van der Waals surface area contributed by atoms with E-state index in [1.54, 1.807) is 19.3 Å². The van der Waals surface area contributed by atoms with Gasteiger partial charge < -0.3 is 29.3 Å². The van der Waals surface area contributed by atoms with Crippen LogP contribution in [0.3, 0.4) is 0 Å². The average molecular weight is 463 g/mol.